The first-order chi connectivity index (χ1) is 34.7. The van der Waals surface area contributed by atoms with E-state index in [2.05, 4.69) is 264 Å². The van der Waals surface area contributed by atoms with E-state index < -0.39 is 5.41 Å². The highest BCUT2D eigenvalue weighted by Crippen LogP contribution is 2.58. The molecule has 0 radical (unpaired) electrons. The number of nitrogens with zero attached hydrogens (tertiary/aromatic N) is 2. The summed E-state index contributed by atoms with van der Waals surface area (Å²) in [4.78, 5) is 2.41. The van der Waals surface area contributed by atoms with E-state index in [9.17, 15) is 0 Å². The minimum Gasteiger partial charge on any atom is -0.455 e. The van der Waals surface area contributed by atoms with Crippen LogP contribution in [0.15, 0.2) is 271 Å². The van der Waals surface area contributed by atoms with E-state index in [-0.39, 0.29) is 0 Å². The summed E-state index contributed by atoms with van der Waals surface area (Å²) in [5.74, 6) is 0. The standard InChI is InChI=1S/C67H44N2O/c1-4-17-45(18-5-1)46-31-36-51(37-32-46)68(52-38-33-47(34-39-52)54-26-16-27-59-58-25-12-15-30-65(58)70-66(54)59)53-40-41-56-55-23-10-13-28-61(55)67(62(56)44-53,48-19-6-2-7-20-48)49-35-42-64-60(43-49)57-24-11-14-29-63(57)69(64)50-21-8-3-9-22-50/h1-44H. The van der Waals surface area contributed by atoms with Gasteiger partial charge in [-0.05, 0) is 123 Å². The summed E-state index contributed by atoms with van der Waals surface area (Å²) >= 11 is 0. The summed E-state index contributed by atoms with van der Waals surface area (Å²) < 4.78 is 8.92. The van der Waals surface area contributed by atoms with Gasteiger partial charge in [0.2, 0.25) is 0 Å². The van der Waals surface area contributed by atoms with Crippen molar-refractivity contribution in [2.24, 2.45) is 0 Å². The highest BCUT2D eigenvalue weighted by molar-refractivity contribution is 6.11. The summed E-state index contributed by atoms with van der Waals surface area (Å²) in [5, 5.41) is 4.72. The molecule has 1 unspecified atom stereocenters. The number of hydrogen-bond donors (Lipinski definition) is 0. The maximum absolute atomic E-state index is 6.52. The number of anilines is 3. The lowest BCUT2D eigenvalue weighted by Gasteiger charge is -2.35. The molecule has 0 amide bonds. The maximum atomic E-state index is 6.52. The lowest BCUT2D eigenvalue weighted by atomic mass is 9.67. The van der Waals surface area contributed by atoms with E-state index in [1.54, 1.807) is 0 Å². The molecular weight excluding hydrogens is 849 g/mol. The first-order valence-corrected chi connectivity index (χ1v) is 24.1. The van der Waals surface area contributed by atoms with Crippen LogP contribution in [0.2, 0.25) is 0 Å². The highest BCUT2D eigenvalue weighted by Gasteiger charge is 2.46. The van der Waals surface area contributed by atoms with Crippen LogP contribution in [0.3, 0.4) is 0 Å². The van der Waals surface area contributed by atoms with E-state index in [0.717, 1.165) is 55.8 Å². The van der Waals surface area contributed by atoms with E-state index in [1.165, 1.54) is 66.3 Å². The van der Waals surface area contributed by atoms with Crippen molar-refractivity contribution in [3.8, 4) is 39.1 Å². The zero-order valence-electron chi connectivity index (χ0n) is 38.2. The number of rotatable bonds is 8. The number of aromatic nitrogens is 1. The minimum atomic E-state index is -0.634. The normalized spacial score (nSPS) is 14.1. The fourth-order valence-corrected chi connectivity index (χ4v) is 11.6. The monoisotopic (exact) mass is 892 g/mol. The largest absolute Gasteiger partial charge is 0.455 e. The summed E-state index contributed by atoms with van der Waals surface area (Å²) in [6.45, 7) is 0. The molecule has 1 aliphatic rings. The third-order valence-electron chi connectivity index (χ3n) is 14.7. The Hall–Kier alpha value is -9.18. The van der Waals surface area contributed by atoms with Crippen molar-refractivity contribution in [3.63, 3.8) is 0 Å². The molecular formula is C67H44N2O. The highest BCUT2D eigenvalue weighted by atomic mass is 16.3. The van der Waals surface area contributed by atoms with Crippen LogP contribution < -0.4 is 4.90 Å². The fraction of sp³-hybridized carbons (Fsp3) is 0.0149. The second kappa shape index (κ2) is 16.0. The van der Waals surface area contributed by atoms with Crippen molar-refractivity contribution in [2.45, 2.75) is 5.41 Å². The molecule has 1 atom stereocenters. The number of hydrogen-bond acceptors (Lipinski definition) is 2. The Balaban J connectivity index is 0.981. The van der Waals surface area contributed by atoms with E-state index in [4.69, 9.17) is 4.42 Å². The van der Waals surface area contributed by atoms with Gasteiger partial charge in [0.25, 0.3) is 0 Å². The third-order valence-corrected chi connectivity index (χ3v) is 14.7. The third kappa shape index (κ3) is 6.08. The Morgan fingerprint density at radius 1 is 0.329 bits per heavy atom. The van der Waals surface area contributed by atoms with Crippen LogP contribution in [0.1, 0.15) is 22.3 Å². The van der Waals surface area contributed by atoms with Gasteiger partial charge in [0.05, 0.1) is 16.4 Å². The van der Waals surface area contributed by atoms with Crippen molar-refractivity contribution in [1.29, 1.82) is 0 Å². The molecule has 70 heavy (non-hydrogen) atoms. The van der Waals surface area contributed by atoms with E-state index in [1.807, 2.05) is 12.1 Å². The molecule has 3 heteroatoms. The van der Waals surface area contributed by atoms with Gasteiger partial charge in [0.15, 0.2) is 0 Å². The summed E-state index contributed by atoms with van der Waals surface area (Å²) in [6.07, 6.45) is 0. The lowest BCUT2D eigenvalue weighted by molar-refractivity contribution is 0.670. The van der Waals surface area contributed by atoms with Gasteiger partial charge in [-0.3, -0.25) is 0 Å². The molecule has 0 aliphatic heterocycles. The van der Waals surface area contributed by atoms with Gasteiger partial charge >= 0.3 is 0 Å². The quantitative estimate of drug-likeness (QED) is 0.152. The Kier molecular flexibility index (Phi) is 9.11. The molecule has 0 spiro atoms. The molecule has 14 rings (SSSR count). The molecule has 0 N–H and O–H groups in total. The second-order valence-corrected chi connectivity index (χ2v) is 18.4. The lowest BCUT2D eigenvalue weighted by Crippen LogP contribution is -2.28. The second-order valence-electron chi connectivity index (χ2n) is 18.4. The van der Waals surface area contributed by atoms with Gasteiger partial charge < -0.3 is 13.9 Å². The summed E-state index contributed by atoms with van der Waals surface area (Å²) in [5.41, 5.74) is 19.9. The minimum absolute atomic E-state index is 0.634. The van der Waals surface area contributed by atoms with Crippen molar-refractivity contribution < 1.29 is 4.42 Å². The van der Waals surface area contributed by atoms with Crippen molar-refractivity contribution >= 4 is 60.8 Å². The van der Waals surface area contributed by atoms with Gasteiger partial charge in [-0.2, -0.15) is 0 Å². The molecule has 0 saturated carbocycles. The Morgan fingerprint density at radius 2 is 0.900 bits per heavy atom. The predicted octanol–water partition coefficient (Wildman–Crippen LogP) is 17.8. The average molecular weight is 893 g/mol. The molecule has 2 heterocycles. The Bertz CT molecular complexity index is 4100. The van der Waals surface area contributed by atoms with Crippen LogP contribution in [0, 0.1) is 0 Å². The van der Waals surface area contributed by atoms with E-state index in [0.29, 0.717) is 0 Å². The molecule has 0 bridgehead atoms. The van der Waals surface area contributed by atoms with Gasteiger partial charge in [0, 0.05) is 49.9 Å². The van der Waals surface area contributed by atoms with Gasteiger partial charge in [-0.25, -0.2) is 0 Å². The fourth-order valence-electron chi connectivity index (χ4n) is 11.6. The van der Waals surface area contributed by atoms with Crippen LogP contribution >= 0.6 is 0 Å². The predicted molar refractivity (Wildman–Crippen MR) is 291 cm³/mol. The van der Waals surface area contributed by atoms with Gasteiger partial charge in [0.1, 0.15) is 11.2 Å². The van der Waals surface area contributed by atoms with Crippen molar-refractivity contribution in [1.82, 2.24) is 4.57 Å². The van der Waals surface area contributed by atoms with Crippen LogP contribution in [0.5, 0.6) is 0 Å². The van der Waals surface area contributed by atoms with Crippen LogP contribution in [0.25, 0.3) is 82.8 Å². The summed E-state index contributed by atoms with van der Waals surface area (Å²) in [6, 6.07) is 97.4. The zero-order chi connectivity index (χ0) is 46.2. The maximum Gasteiger partial charge on any atom is 0.143 e. The number of benzene rings is 11. The van der Waals surface area contributed by atoms with Crippen LogP contribution in [-0.2, 0) is 5.41 Å². The number of fused-ring (bicyclic) bond motifs is 9. The van der Waals surface area contributed by atoms with E-state index >= 15 is 0 Å². The number of furan rings is 1. The van der Waals surface area contributed by atoms with Crippen molar-refractivity contribution in [3.05, 3.63) is 289 Å². The number of para-hydroxylation sites is 4. The zero-order valence-corrected chi connectivity index (χ0v) is 38.2. The molecule has 2 aromatic heterocycles. The van der Waals surface area contributed by atoms with Gasteiger partial charge in [-0.1, -0.05) is 194 Å². The first-order valence-electron chi connectivity index (χ1n) is 24.1. The smallest absolute Gasteiger partial charge is 0.143 e. The average Bonchev–Trinajstić information content (AvgIpc) is 4.08. The molecule has 3 nitrogen and oxygen atoms in total. The Labute approximate surface area is 406 Å². The summed E-state index contributed by atoms with van der Waals surface area (Å²) in [7, 11) is 0. The first kappa shape index (κ1) is 39.9. The SMILES string of the molecule is c1ccc(-c2ccc(N(c3ccc(-c4cccc5c4oc4ccccc45)cc3)c3ccc4c(c3)C(c3ccccc3)(c3ccc5c(c3)c3ccccc3n5-c3ccccc3)c3ccccc3-4)cc2)cc1. The molecule has 1 aliphatic carbocycles. The van der Waals surface area contributed by atoms with Gasteiger partial charge in [-0.15, -0.1) is 0 Å². The molecule has 11 aromatic carbocycles. The topological polar surface area (TPSA) is 21.3 Å². The van der Waals surface area contributed by atoms with Crippen LogP contribution in [-0.4, -0.2) is 4.57 Å². The Morgan fingerprint density at radius 3 is 1.69 bits per heavy atom. The molecule has 0 fully saturated rings. The molecule has 0 saturated heterocycles. The van der Waals surface area contributed by atoms with Crippen molar-refractivity contribution in [2.75, 3.05) is 4.90 Å². The molecule has 13 aromatic rings. The van der Waals surface area contributed by atoms with Crippen LogP contribution in [0.4, 0.5) is 17.1 Å². The molecule has 328 valence electrons.